The summed E-state index contributed by atoms with van der Waals surface area (Å²) in [6.45, 7) is 8.74. The Morgan fingerprint density at radius 3 is 2.58 bits per heavy atom. The van der Waals surface area contributed by atoms with Crippen LogP contribution in [0.5, 0.6) is 0 Å². The number of carbonyl (C=O) groups is 1. The monoisotopic (exact) mass is 357 g/mol. The Labute approximate surface area is 153 Å². The van der Waals surface area contributed by atoms with Crippen LogP contribution in [-0.2, 0) is 14.0 Å². The van der Waals surface area contributed by atoms with Gasteiger partial charge in [-0.25, -0.2) is 9.67 Å². The highest BCUT2D eigenvalue weighted by Crippen LogP contribution is 2.36. The van der Waals surface area contributed by atoms with E-state index < -0.39 is 18.3 Å². The van der Waals surface area contributed by atoms with Crippen molar-refractivity contribution in [2.24, 2.45) is 0 Å². The fourth-order valence-corrected chi connectivity index (χ4v) is 3.37. The number of fused-ring (bicyclic) bond motifs is 1. The van der Waals surface area contributed by atoms with Gasteiger partial charge >= 0.3 is 7.12 Å². The average Bonchev–Trinajstić information content (AvgIpc) is 3.09. The van der Waals surface area contributed by atoms with Gasteiger partial charge in [-0.3, -0.25) is 4.79 Å². The van der Waals surface area contributed by atoms with Crippen LogP contribution in [0.25, 0.3) is 11.0 Å². The van der Waals surface area contributed by atoms with Gasteiger partial charge in [-0.2, -0.15) is 5.10 Å². The van der Waals surface area contributed by atoms with Gasteiger partial charge < -0.3 is 14.0 Å². The first-order valence-electron chi connectivity index (χ1n) is 9.13. The third-order valence-corrected chi connectivity index (χ3v) is 5.66. The van der Waals surface area contributed by atoms with Gasteiger partial charge in [0.05, 0.1) is 11.2 Å². The highest BCUT2D eigenvalue weighted by molar-refractivity contribution is 6.62. The van der Waals surface area contributed by atoms with E-state index in [1.807, 2.05) is 33.8 Å². The molecule has 0 bridgehead atoms. The van der Waals surface area contributed by atoms with Crippen LogP contribution < -0.4 is 5.46 Å². The predicted molar refractivity (Wildman–Crippen MR) is 97.5 cm³/mol. The van der Waals surface area contributed by atoms with Gasteiger partial charge in [-0.05, 0) is 53.0 Å². The van der Waals surface area contributed by atoms with E-state index in [1.54, 1.807) is 10.9 Å². The Balaban J connectivity index is 1.73. The van der Waals surface area contributed by atoms with Crippen molar-refractivity contribution in [2.45, 2.75) is 64.4 Å². The molecule has 0 aromatic carbocycles. The van der Waals surface area contributed by atoms with E-state index in [0.717, 1.165) is 31.0 Å². The van der Waals surface area contributed by atoms with Crippen LogP contribution in [0.3, 0.4) is 0 Å². The molecule has 1 atom stereocenters. The SMILES string of the molecule is CC1(C)OB(c2cnc3c(c2)c(C=O)nn3[C@@H]2CCCCO2)OC1(C)C. The standard InChI is InChI=1S/C18H24BN3O4/c1-17(2)18(3,4)26-19(25-17)12-9-13-14(11-23)21-22(16(13)20-10-12)15-7-5-6-8-24-15/h9-11,15H,5-8H2,1-4H3/t15-/m0/s1. The number of aldehydes is 1. The minimum Gasteiger partial charge on any atom is -0.399 e. The maximum absolute atomic E-state index is 11.5. The molecule has 0 saturated carbocycles. The lowest BCUT2D eigenvalue weighted by Crippen LogP contribution is -2.41. The van der Waals surface area contributed by atoms with E-state index in [1.165, 1.54) is 0 Å². The van der Waals surface area contributed by atoms with Crippen LogP contribution in [0, 0.1) is 0 Å². The Bertz CT molecular complexity index is 826. The highest BCUT2D eigenvalue weighted by Gasteiger charge is 2.51. The second-order valence-corrected chi connectivity index (χ2v) is 8.00. The Kier molecular flexibility index (Phi) is 4.17. The van der Waals surface area contributed by atoms with Gasteiger partial charge in [0.1, 0.15) is 5.69 Å². The number of carbonyl (C=O) groups excluding carboxylic acids is 1. The van der Waals surface area contributed by atoms with Crippen molar-refractivity contribution in [3.63, 3.8) is 0 Å². The van der Waals surface area contributed by atoms with Crippen LogP contribution in [-0.4, -0.2) is 46.0 Å². The molecule has 26 heavy (non-hydrogen) atoms. The summed E-state index contributed by atoms with van der Waals surface area (Å²) >= 11 is 0. The molecule has 2 aliphatic heterocycles. The lowest BCUT2D eigenvalue weighted by molar-refractivity contribution is -0.0370. The first kappa shape index (κ1) is 17.6. The molecule has 138 valence electrons. The van der Waals surface area contributed by atoms with Crippen molar-refractivity contribution < 1.29 is 18.8 Å². The zero-order valence-electron chi connectivity index (χ0n) is 15.7. The molecule has 2 aromatic rings. The maximum atomic E-state index is 11.5. The molecule has 2 fully saturated rings. The minimum atomic E-state index is -0.523. The first-order chi connectivity index (χ1) is 12.3. The molecule has 0 aliphatic carbocycles. The number of aromatic nitrogens is 3. The fraction of sp³-hybridized carbons (Fsp3) is 0.611. The molecule has 0 N–H and O–H groups in total. The van der Waals surface area contributed by atoms with E-state index in [9.17, 15) is 4.79 Å². The topological polar surface area (TPSA) is 75.5 Å². The average molecular weight is 357 g/mol. The van der Waals surface area contributed by atoms with Gasteiger partial charge in [-0.1, -0.05) is 0 Å². The van der Waals surface area contributed by atoms with Crippen molar-refractivity contribution in [2.75, 3.05) is 6.61 Å². The largest absolute Gasteiger partial charge is 0.496 e. The second kappa shape index (κ2) is 6.15. The third kappa shape index (κ3) is 2.76. The zero-order chi connectivity index (χ0) is 18.5. The Morgan fingerprint density at radius 1 is 1.23 bits per heavy atom. The fourth-order valence-electron chi connectivity index (χ4n) is 3.37. The first-order valence-corrected chi connectivity index (χ1v) is 9.13. The predicted octanol–water partition coefficient (Wildman–Crippen LogP) is 2.24. The zero-order valence-corrected chi connectivity index (χ0v) is 15.7. The summed E-state index contributed by atoms with van der Waals surface area (Å²) in [6.07, 6.45) is 5.33. The number of pyridine rings is 1. The number of rotatable bonds is 3. The van der Waals surface area contributed by atoms with Crippen molar-refractivity contribution in [1.82, 2.24) is 14.8 Å². The van der Waals surface area contributed by atoms with Crippen LogP contribution in [0.2, 0.25) is 0 Å². The summed E-state index contributed by atoms with van der Waals surface area (Å²) in [7, 11) is -0.523. The summed E-state index contributed by atoms with van der Waals surface area (Å²) in [6, 6.07) is 1.89. The molecule has 0 unspecified atom stereocenters. The lowest BCUT2D eigenvalue weighted by Gasteiger charge is -2.32. The molecule has 0 spiro atoms. The van der Waals surface area contributed by atoms with Crippen molar-refractivity contribution in [1.29, 1.82) is 0 Å². The highest BCUT2D eigenvalue weighted by atomic mass is 16.7. The molecule has 2 aromatic heterocycles. The van der Waals surface area contributed by atoms with Crippen molar-refractivity contribution in [3.05, 3.63) is 18.0 Å². The van der Waals surface area contributed by atoms with Crippen LogP contribution in [0.4, 0.5) is 0 Å². The molecule has 4 heterocycles. The Morgan fingerprint density at radius 2 is 1.96 bits per heavy atom. The molecular weight excluding hydrogens is 333 g/mol. The molecule has 8 heteroatoms. The summed E-state index contributed by atoms with van der Waals surface area (Å²) in [5.41, 5.74) is 0.933. The normalized spacial score (nSPS) is 24.9. The van der Waals surface area contributed by atoms with Gasteiger partial charge in [0, 0.05) is 23.7 Å². The molecule has 4 rings (SSSR count). The summed E-state index contributed by atoms with van der Waals surface area (Å²) < 4.78 is 19.7. The number of ether oxygens (including phenoxy) is 1. The molecule has 7 nitrogen and oxygen atoms in total. The molecule has 0 radical (unpaired) electrons. The van der Waals surface area contributed by atoms with Gasteiger partial charge in [0.15, 0.2) is 18.2 Å². The minimum absolute atomic E-state index is 0.171. The van der Waals surface area contributed by atoms with Crippen LogP contribution in [0.1, 0.15) is 63.7 Å². The van der Waals surface area contributed by atoms with E-state index in [-0.39, 0.29) is 6.23 Å². The third-order valence-electron chi connectivity index (χ3n) is 5.66. The summed E-state index contributed by atoms with van der Waals surface area (Å²) in [5, 5.41) is 5.13. The number of hydrogen-bond donors (Lipinski definition) is 0. The molecule has 2 saturated heterocycles. The van der Waals surface area contributed by atoms with Crippen LogP contribution in [0.15, 0.2) is 12.3 Å². The van der Waals surface area contributed by atoms with E-state index in [4.69, 9.17) is 14.0 Å². The summed E-state index contributed by atoms with van der Waals surface area (Å²) in [5.74, 6) is 0. The van der Waals surface area contributed by atoms with E-state index >= 15 is 0 Å². The molecule has 2 aliphatic rings. The van der Waals surface area contributed by atoms with Gasteiger partial charge in [-0.15, -0.1) is 0 Å². The van der Waals surface area contributed by atoms with Gasteiger partial charge in [0.25, 0.3) is 0 Å². The Hall–Kier alpha value is -1.77. The van der Waals surface area contributed by atoms with Crippen LogP contribution >= 0.6 is 0 Å². The quantitative estimate of drug-likeness (QED) is 0.620. The summed E-state index contributed by atoms with van der Waals surface area (Å²) in [4.78, 5) is 16.1. The van der Waals surface area contributed by atoms with E-state index in [2.05, 4.69) is 10.1 Å². The number of hydrogen-bond acceptors (Lipinski definition) is 6. The van der Waals surface area contributed by atoms with Crippen molar-refractivity contribution >= 4 is 29.9 Å². The second-order valence-electron chi connectivity index (χ2n) is 8.00. The molecular formula is C18H24BN3O4. The lowest BCUT2D eigenvalue weighted by atomic mass is 9.80. The van der Waals surface area contributed by atoms with Crippen molar-refractivity contribution in [3.8, 4) is 0 Å². The smallest absolute Gasteiger partial charge is 0.399 e. The van der Waals surface area contributed by atoms with E-state index in [0.29, 0.717) is 23.3 Å². The number of nitrogens with zero attached hydrogens (tertiary/aromatic N) is 3. The maximum Gasteiger partial charge on any atom is 0.496 e. The van der Waals surface area contributed by atoms with Gasteiger partial charge in [0.2, 0.25) is 0 Å². The molecule has 0 amide bonds.